The van der Waals surface area contributed by atoms with Crippen molar-refractivity contribution in [2.75, 3.05) is 6.54 Å². The lowest BCUT2D eigenvalue weighted by molar-refractivity contribution is 0.134. The molecule has 1 aliphatic rings. The standard InChI is InChI=1S/C12H16N2O3S/c1-8(2)10(15)7-13-12-9-5-3-4-6-11(9)18(16,17)14-12/h3-6,8,10,15H,7H2,1-2H3,(H,13,14). The van der Waals surface area contributed by atoms with E-state index in [1.807, 2.05) is 13.8 Å². The Kier molecular flexibility index (Phi) is 3.41. The van der Waals surface area contributed by atoms with Crippen LogP contribution in [-0.4, -0.2) is 32.0 Å². The zero-order chi connectivity index (χ0) is 13.3. The van der Waals surface area contributed by atoms with E-state index in [0.717, 1.165) is 0 Å². The van der Waals surface area contributed by atoms with Gasteiger partial charge in [-0.1, -0.05) is 26.0 Å². The summed E-state index contributed by atoms with van der Waals surface area (Å²) in [5, 5.41) is 9.68. The lowest BCUT2D eigenvalue weighted by atomic mass is 10.1. The van der Waals surface area contributed by atoms with Crippen molar-refractivity contribution in [2.24, 2.45) is 10.9 Å². The summed E-state index contributed by atoms with van der Waals surface area (Å²) in [5.41, 5.74) is 0.563. The summed E-state index contributed by atoms with van der Waals surface area (Å²) in [6, 6.07) is 6.67. The van der Waals surface area contributed by atoms with Crippen molar-refractivity contribution in [2.45, 2.75) is 24.8 Å². The van der Waals surface area contributed by atoms with Gasteiger partial charge in [-0.25, -0.2) is 8.42 Å². The van der Waals surface area contributed by atoms with Crippen molar-refractivity contribution >= 4 is 15.9 Å². The predicted octanol–water partition coefficient (Wildman–Crippen LogP) is 0.742. The maximum Gasteiger partial charge on any atom is 0.263 e. The van der Waals surface area contributed by atoms with Crippen LogP contribution in [0.5, 0.6) is 0 Å². The number of fused-ring (bicyclic) bond motifs is 1. The van der Waals surface area contributed by atoms with Gasteiger partial charge in [-0.15, -0.1) is 0 Å². The van der Waals surface area contributed by atoms with Gasteiger partial charge >= 0.3 is 0 Å². The zero-order valence-electron chi connectivity index (χ0n) is 10.3. The molecule has 0 amide bonds. The second kappa shape index (κ2) is 4.70. The smallest absolute Gasteiger partial charge is 0.263 e. The lowest BCUT2D eigenvalue weighted by Gasteiger charge is -2.11. The highest BCUT2D eigenvalue weighted by Gasteiger charge is 2.30. The Hall–Kier alpha value is -1.40. The van der Waals surface area contributed by atoms with Crippen molar-refractivity contribution < 1.29 is 13.5 Å². The number of aliphatic hydroxyl groups excluding tert-OH is 1. The van der Waals surface area contributed by atoms with E-state index in [-0.39, 0.29) is 17.4 Å². The summed E-state index contributed by atoms with van der Waals surface area (Å²) in [6.45, 7) is 3.96. The maximum atomic E-state index is 11.8. The summed E-state index contributed by atoms with van der Waals surface area (Å²) in [6.07, 6.45) is -0.574. The monoisotopic (exact) mass is 268 g/mol. The van der Waals surface area contributed by atoms with E-state index >= 15 is 0 Å². The average Bonchev–Trinajstić information content (AvgIpc) is 2.59. The first-order valence-corrected chi connectivity index (χ1v) is 7.25. The molecule has 0 saturated heterocycles. The molecule has 2 rings (SSSR count). The number of aliphatic hydroxyl groups is 1. The number of hydrogen-bond acceptors (Lipinski definition) is 4. The molecule has 2 N–H and O–H groups in total. The van der Waals surface area contributed by atoms with E-state index in [0.29, 0.717) is 11.4 Å². The Morgan fingerprint density at radius 2 is 2.00 bits per heavy atom. The van der Waals surface area contributed by atoms with Crippen molar-refractivity contribution in [1.29, 1.82) is 0 Å². The van der Waals surface area contributed by atoms with E-state index in [1.165, 1.54) is 0 Å². The summed E-state index contributed by atoms with van der Waals surface area (Å²) < 4.78 is 26.0. The number of sulfonamides is 1. The molecule has 1 heterocycles. The van der Waals surface area contributed by atoms with Crippen LogP contribution in [0, 0.1) is 5.92 Å². The highest BCUT2D eigenvalue weighted by atomic mass is 32.2. The Balaban J connectivity index is 2.31. The quantitative estimate of drug-likeness (QED) is 0.848. The highest BCUT2D eigenvalue weighted by molar-refractivity contribution is 7.90. The zero-order valence-corrected chi connectivity index (χ0v) is 11.1. The van der Waals surface area contributed by atoms with Crippen molar-refractivity contribution in [3.63, 3.8) is 0 Å². The molecule has 0 spiro atoms. The molecule has 0 aromatic heterocycles. The Morgan fingerprint density at radius 1 is 1.33 bits per heavy atom. The number of amidine groups is 1. The van der Waals surface area contributed by atoms with Crippen molar-refractivity contribution in [3.8, 4) is 0 Å². The van der Waals surface area contributed by atoms with Crippen LogP contribution in [0.3, 0.4) is 0 Å². The van der Waals surface area contributed by atoms with Crippen LogP contribution in [0.25, 0.3) is 0 Å². The molecule has 1 aromatic rings. The number of nitrogens with zero attached hydrogens (tertiary/aromatic N) is 1. The van der Waals surface area contributed by atoms with Crippen LogP contribution in [-0.2, 0) is 10.0 Å². The molecular formula is C12H16N2O3S. The van der Waals surface area contributed by atoms with Gasteiger partial charge in [-0.3, -0.25) is 9.71 Å². The Morgan fingerprint density at radius 3 is 2.67 bits per heavy atom. The van der Waals surface area contributed by atoms with Gasteiger partial charge in [0.1, 0.15) is 5.84 Å². The van der Waals surface area contributed by atoms with Crippen molar-refractivity contribution in [1.82, 2.24) is 4.72 Å². The van der Waals surface area contributed by atoms with E-state index in [1.54, 1.807) is 24.3 Å². The molecule has 98 valence electrons. The SMILES string of the molecule is CC(C)C(O)CN=C1NS(=O)(=O)c2ccccc21. The van der Waals surface area contributed by atoms with Crippen LogP contribution in [0.15, 0.2) is 34.2 Å². The topological polar surface area (TPSA) is 78.8 Å². The molecule has 1 aromatic carbocycles. The summed E-state index contributed by atoms with van der Waals surface area (Å²) >= 11 is 0. The van der Waals surface area contributed by atoms with Crippen LogP contribution in [0.2, 0.25) is 0 Å². The minimum atomic E-state index is -3.49. The third-order valence-corrected chi connectivity index (χ3v) is 4.27. The summed E-state index contributed by atoms with van der Waals surface area (Å²) in [4.78, 5) is 4.40. The minimum absolute atomic E-state index is 0.0857. The molecule has 18 heavy (non-hydrogen) atoms. The fourth-order valence-electron chi connectivity index (χ4n) is 1.65. The van der Waals surface area contributed by atoms with Crippen LogP contribution in [0.4, 0.5) is 0 Å². The maximum absolute atomic E-state index is 11.8. The van der Waals surface area contributed by atoms with Gasteiger partial charge in [0.05, 0.1) is 17.5 Å². The van der Waals surface area contributed by atoms with E-state index in [9.17, 15) is 13.5 Å². The second-order valence-electron chi connectivity index (χ2n) is 4.60. The molecule has 5 nitrogen and oxygen atoms in total. The second-order valence-corrected chi connectivity index (χ2v) is 6.25. The number of hydrogen-bond donors (Lipinski definition) is 2. The first-order valence-electron chi connectivity index (χ1n) is 5.76. The molecular weight excluding hydrogens is 252 g/mol. The molecule has 1 atom stereocenters. The number of rotatable bonds is 3. The Bertz CT molecular complexity index is 579. The fourth-order valence-corrected chi connectivity index (χ4v) is 2.90. The van der Waals surface area contributed by atoms with E-state index in [4.69, 9.17) is 0 Å². The third kappa shape index (κ3) is 2.39. The summed E-state index contributed by atoms with van der Waals surface area (Å²) in [7, 11) is -3.49. The number of benzene rings is 1. The van der Waals surface area contributed by atoms with Crippen LogP contribution >= 0.6 is 0 Å². The number of aliphatic imine (C=N–C) groups is 1. The van der Waals surface area contributed by atoms with Gasteiger partial charge in [0.2, 0.25) is 0 Å². The van der Waals surface area contributed by atoms with Gasteiger partial charge in [-0.2, -0.15) is 0 Å². The molecule has 6 heteroatoms. The molecule has 0 saturated carbocycles. The molecule has 0 fully saturated rings. The van der Waals surface area contributed by atoms with Gasteiger partial charge in [0, 0.05) is 5.56 Å². The first-order chi connectivity index (χ1) is 8.42. The largest absolute Gasteiger partial charge is 0.391 e. The number of nitrogens with one attached hydrogen (secondary N) is 1. The van der Waals surface area contributed by atoms with Crippen LogP contribution < -0.4 is 4.72 Å². The minimum Gasteiger partial charge on any atom is -0.391 e. The lowest BCUT2D eigenvalue weighted by Crippen LogP contribution is -2.25. The highest BCUT2D eigenvalue weighted by Crippen LogP contribution is 2.22. The van der Waals surface area contributed by atoms with Gasteiger partial charge in [-0.05, 0) is 18.1 Å². The van der Waals surface area contributed by atoms with Crippen LogP contribution in [0.1, 0.15) is 19.4 Å². The molecule has 1 aliphatic heterocycles. The van der Waals surface area contributed by atoms with Crippen molar-refractivity contribution in [3.05, 3.63) is 29.8 Å². The third-order valence-electron chi connectivity index (χ3n) is 2.87. The molecule has 1 unspecified atom stereocenters. The average molecular weight is 268 g/mol. The van der Waals surface area contributed by atoms with E-state index in [2.05, 4.69) is 9.71 Å². The normalized spacial score (nSPS) is 20.8. The summed E-state index contributed by atoms with van der Waals surface area (Å²) in [5.74, 6) is 0.396. The van der Waals surface area contributed by atoms with E-state index < -0.39 is 16.1 Å². The van der Waals surface area contributed by atoms with Gasteiger partial charge < -0.3 is 5.11 Å². The molecule has 0 bridgehead atoms. The van der Waals surface area contributed by atoms with Gasteiger partial charge in [0.15, 0.2) is 0 Å². The predicted molar refractivity (Wildman–Crippen MR) is 69.0 cm³/mol. The molecule has 0 radical (unpaired) electrons. The first kappa shape index (κ1) is 13.0. The Labute approximate surface area is 107 Å². The fraction of sp³-hybridized carbons (Fsp3) is 0.417. The molecule has 0 aliphatic carbocycles. The van der Waals surface area contributed by atoms with Gasteiger partial charge in [0.25, 0.3) is 10.0 Å².